The first-order valence-corrected chi connectivity index (χ1v) is 10.9. The molecule has 1 heterocycles. The Hall–Kier alpha value is -4.05. The summed E-state index contributed by atoms with van der Waals surface area (Å²) in [4.78, 5) is 12.2. The molecule has 0 N–H and O–H groups in total. The van der Waals surface area contributed by atoms with Gasteiger partial charge in [0.25, 0.3) is 0 Å². The van der Waals surface area contributed by atoms with Crippen LogP contribution in [0.15, 0.2) is 91.0 Å². The molecule has 1 atom stereocenters. The zero-order chi connectivity index (χ0) is 22.8. The summed E-state index contributed by atoms with van der Waals surface area (Å²) in [7, 11) is 1.39. The van der Waals surface area contributed by atoms with Crippen molar-refractivity contribution in [2.24, 2.45) is 0 Å². The maximum atomic E-state index is 12.2. The van der Waals surface area contributed by atoms with Crippen molar-refractivity contribution in [1.29, 1.82) is 0 Å². The van der Waals surface area contributed by atoms with Crippen LogP contribution in [0.25, 0.3) is 22.3 Å². The van der Waals surface area contributed by atoms with E-state index < -0.39 is 0 Å². The van der Waals surface area contributed by atoms with Gasteiger partial charge in [-0.15, -0.1) is 0 Å². The maximum Gasteiger partial charge on any atom is 0.338 e. The molecule has 5 rings (SSSR count). The van der Waals surface area contributed by atoms with Crippen molar-refractivity contribution < 1.29 is 19.0 Å². The minimum Gasteiger partial charge on any atom is -0.485 e. The van der Waals surface area contributed by atoms with Gasteiger partial charge in [-0.05, 0) is 59.0 Å². The van der Waals surface area contributed by atoms with Crippen LogP contribution in [0, 0.1) is 6.92 Å². The van der Waals surface area contributed by atoms with Crippen molar-refractivity contribution in [1.82, 2.24) is 0 Å². The van der Waals surface area contributed by atoms with Crippen LogP contribution in [0.3, 0.4) is 0 Å². The molecule has 164 valence electrons. The molecule has 0 aromatic heterocycles. The van der Waals surface area contributed by atoms with E-state index in [2.05, 4.69) is 55.5 Å². The molecule has 0 aliphatic carbocycles. The summed E-state index contributed by atoms with van der Waals surface area (Å²) in [6.07, 6.45) is -0.199. The lowest BCUT2D eigenvalue weighted by atomic mass is 9.98. The summed E-state index contributed by atoms with van der Waals surface area (Å²) in [5, 5.41) is 0. The first kappa shape index (κ1) is 20.8. The van der Waals surface area contributed by atoms with E-state index in [4.69, 9.17) is 14.2 Å². The highest BCUT2D eigenvalue weighted by atomic mass is 16.6. The Kier molecular flexibility index (Phi) is 5.57. The zero-order valence-corrected chi connectivity index (χ0v) is 18.6. The lowest BCUT2D eigenvalue weighted by Gasteiger charge is -2.27. The molecule has 0 saturated carbocycles. The second kappa shape index (κ2) is 8.83. The van der Waals surface area contributed by atoms with Crippen LogP contribution >= 0.6 is 0 Å². The van der Waals surface area contributed by atoms with Crippen LogP contribution in [0.1, 0.15) is 27.6 Å². The molecule has 4 heteroatoms. The van der Waals surface area contributed by atoms with Crippen molar-refractivity contribution >= 4 is 5.97 Å². The molecule has 0 spiro atoms. The lowest BCUT2D eigenvalue weighted by molar-refractivity contribution is 0.0601. The molecular formula is C29H24O4. The molecule has 33 heavy (non-hydrogen) atoms. The summed E-state index contributed by atoms with van der Waals surface area (Å²) in [5.41, 5.74) is 6.82. The van der Waals surface area contributed by atoms with Crippen molar-refractivity contribution in [2.45, 2.75) is 13.0 Å². The maximum absolute atomic E-state index is 12.2. The number of benzene rings is 4. The van der Waals surface area contributed by atoms with Crippen LogP contribution < -0.4 is 9.47 Å². The molecule has 0 amide bonds. The van der Waals surface area contributed by atoms with Gasteiger partial charge in [0, 0.05) is 0 Å². The second-order valence-electron chi connectivity index (χ2n) is 8.11. The average molecular weight is 437 g/mol. The monoisotopic (exact) mass is 436 g/mol. The highest BCUT2D eigenvalue weighted by molar-refractivity contribution is 5.97. The SMILES string of the molecule is COC(=O)c1ccccc1-c1ccc2c(c1)OCC(c1cccc(-c3cccc(C)c3)c1)O2. The highest BCUT2D eigenvalue weighted by Crippen LogP contribution is 2.40. The topological polar surface area (TPSA) is 44.8 Å². The van der Waals surface area contributed by atoms with E-state index >= 15 is 0 Å². The van der Waals surface area contributed by atoms with Crippen LogP contribution in [0.2, 0.25) is 0 Å². The third kappa shape index (κ3) is 4.20. The Labute approximate surface area is 193 Å². The molecule has 4 nitrogen and oxygen atoms in total. The van der Waals surface area contributed by atoms with Gasteiger partial charge in [-0.1, -0.05) is 72.3 Å². The van der Waals surface area contributed by atoms with Gasteiger partial charge in [-0.25, -0.2) is 4.79 Å². The molecule has 0 fully saturated rings. The summed E-state index contributed by atoms with van der Waals surface area (Å²) in [6.45, 7) is 2.51. The number of methoxy groups -OCH3 is 1. The van der Waals surface area contributed by atoms with E-state index in [0.29, 0.717) is 23.7 Å². The molecule has 1 aliphatic rings. The van der Waals surface area contributed by atoms with E-state index in [0.717, 1.165) is 22.3 Å². The van der Waals surface area contributed by atoms with E-state index in [9.17, 15) is 4.79 Å². The number of carbonyl (C=O) groups is 1. The molecule has 0 bridgehead atoms. The number of rotatable bonds is 4. The largest absolute Gasteiger partial charge is 0.485 e. The molecule has 4 aromatic carbocycles. The molecule has 4 aromatic rings. The van der Waals surface area contributed by atoms with Crippen molar-refractivity contribution in [3.05, 3.63) is 108 Å². The summed E-state index contributed by atoms with van der Waals surface area (Å²) >= 11 is 0. The van der Waals surface area contributed by atoms with Crippen molar-refractivity contribution in [3.63, 3.8) is 0 Å². The standard InChI is InChI=1S/C29H24O4/c1-19-7-5-8-20(15-19)21-9-6-10-23(16-21)28-18-32-27-17-22(13-14-26(27)33-28)24-11-3-4-12-25(24)29(30)31-2/h3-17,28H,18H2,1-2H3. The first-order chi connectivity index (χ1) is 16.1. The number of ether oxygens (including phenoxy) is 3. The summed E-state index contributed by atoms with van der Waals surface area (Å²) in [5.74, 6) is 0.985. The van der Waals surface area contributed by atoms with Crippen molar-refractivity contribution in [2.75, 3.05) is 13.7 Å². The smallest absolute Gasteiger partial charge is 0.338 e. The van der Waals surface area contributed by atoms with Gasteiger partial charge < -0.3 is 14.2 Å². The van der Waals surface area contributed by atoms with Crippen LogP contribution in [-0.2, 0) is 4.74 Å². The molecule has 0 saturated heterocycles. The minimum atomic E-state index is -0.367. The lowest BCUT2D eigenvalue weighted by Crippen LogP contribution is -2.21. The average Bonchev–Trinajstić information content (AvgIpc) is 2.87. The Balaban J connectivity index is 1.41. The summed E-state index contributed by atoms with van der Waals surface area (Å²) in [6, 6.07) is 30.0. The minimum absolute atomic E-state index is 0.199. The molecule has 1 aliphatic heterocycles. The quantitative estimate of drug-likeness (QED) is 0.337. The number of carbonyl (C=O) groups excluding carboxylic acids is 1. The fourth-order valence-electron chi connectivity index (χ4n) is 4.17. The van der Waals surface area contributed by atoms with Gasteiger partial charge in [0.15, 0.2) is 17.6 Å². The van der Waals surface area contributed by atoms with E-state index in [1.165, 1.54) is 18.2 Å². The van der Waals surface area contributed by atoms with E-state index in [1.54, 1.807) is 6.07 Å². The number of fused-ring (bicyclic) bond motifs is 1. The third-order valence-electron chi connectivity index (χ3n) is 5.86. The van der Waals surface area contributed by atoms with E-state index in [1.807, 2.05) is 36.4 Å². The normalized spacial score (nSPS) is 14.5. The fraction of sp³-hybridized carbons (Fsp3) is 0.138. The van der Waals surface area contributed by atoms with Gasteiger partial charge >= 0.3 is 5.97 Å². The zero-order valence-electron chi connectivity index (χ0n) is 18.6. The van der Waals surface area contributed by atoms with Crippen LogP contribution in [0.5, 0.6) is 11.5 Å². The highest BCUT2D eigenvalue weighted by Gasteiger charge is 2.24. The Morgan fingerprint density at radius 1 is 0.818 bits per heavy atom. The first-order valence-electron chi connectivity index (χ1n) is 10.9. The van der Waals surface area contributed by atoms with Gasteiger partial charge in [0.1, 0.15) is 6.61 Å². The summed E-state index contributed by atoms with van der Waals surface area (Å²) < 4.78 is 17.3. The molecular weight excluding hydrogens is 412 g/mol. The van der Waals surface area contributed by atoms with Crippen LogP contribution in [-0.4, -0.2) is 19.7 Å². The van der Waals surface area contributed by atoms with E-state index in [-0.39, 0.29) is 12.1 Å². The Morgan fingerprint density at radius 3 is 2.42 bits per heavy atom. The number of hydrogen-bond donors (Lipinski definition) is 0. The molecule has 0 radical (unpaired) electrons. The van der Waals surface area contributed by atoms with Crippen molar-refractivity contribution in [3.8, 4) is 33.8 Å². The van der Waals surface area contributed by atoms with Gasteiger partial charge in [-0.3, -0.25) is 0 Å². The Bertz CT molecular complexity index is 1320. The number of aryl methyl sites for hydroxylation is 1. The van der Waals surface area contributed by atoms with Gasteiger partial charge in [0.05, 0.1) is 12.7 Å². The fourth-order valence-corrected chi connectivity index (χ4v) is 4.17. The third-order valence-corrected chi connectivity index (χ3v) is 5.86. The number of esters is 1. The predicted molar refractivity (Wildman–Crippen MR) is 129 cm³/mol. The second-order valence-corrected chi connectivity index (χ2v) is 8.11. The Morgan fingerprint density at radius 2 is 1.61 bits per heavy atom. The van der Waals surface area contributed by atoms with Crippen LogP contribution in [0.4, 0.5) is 0 Å². The predicted octanol–water partition coefficient (Wildman–Crippen LogP) is 6.63. The molecule has 1 unspecified atom stereocenters. The number of hydrogen-bond acceptors (Lipinski definition) is 4. The van der Waals surface area contributed by atoms with Gasteiger partial charge in [0.2, 0.25) is 0 Å². The van der Waals surface area contributed by atoms with Gasteiger partial charge in [-0.2, -0.15) is 0 Å².